The van der Waals surface area contributed by atoms with Crippen LogP contribution in [0.15, 0.2) is 18.2 Å². The van der Waals surface area contributed by atoms with E-state index in [1.807, 2.05) is 12.1 Å². The number of carbonyl (C=O) groups is 1. The number of benzene rings is 1. The molecule has 23 heavy (non-hydrogen) atoms. The molecule has 0 spiro atoms. The summed E-state index contributed by atoms with van der Waals surface area (Å²) in [6.45, 7) is 5.37. The van der Waals surface area contributed by atoms with Crippen molar-refractivity contribution < 1.29 is 4.79 Å². The minimum Gasteiger partial charge on any atom is -0.385 e. The maximum absolute atomic E-state index is 13.0. The molecule has 1 aromatic rings. The van der Waals surface area contributed by atoms with Gasteiger partial charge in [0.15, 0.2) is 0 Å². The van der Waals surface area contributed by atoms with Gasteiger partial charge in [-0.3, -0.25) is 4.79 Å². The highest BCUT2D eigenvalue weighted by Crippen LogP contribution is 2.28. The third-order valence-electron chi connectivity index (χ3n) is 5.73. The van der Waals surface area contributed by atoms with Gasteiger partial charge < -0.3 is 15.1 Å². The Balaban J connectivity index is 1.44. The molecule has 3 aliphatic heterocycles. The van der Waals surface area contributed by atoms with Gasteiger partial charge in [0.2, 0.25) is 0 Å². The van der Waals surface area contributed by atoms with Crippen molar-refractivity contribution in [1.82, 2.24) is 9.80 Å². The number of piperidine rings is 1. The molecule has 3 heterocycles. The highest BCUT2D eigenvalue weighted by Gasteiger charge is 2.29. The van der Waals surface area contributed by atoms with Crippen molar-refractivity contribution in [2.24, 2.45) is 0 Å². The number of nitrogens with zero attached hydrogens (tertiary/aromatic N) is 2. The number of carbonyl (C=O) groups excluding carboxylic acids is 1. The molecule has 0 atom stereocenters. The number of anilines is 1. The fourth-order valence-corrected chi connectivity index (χ4v) is 4.42. The molecular formula is C19H27N3O. The monoisotopic (exact) mass is 313 g/mol. The summed E-state index contributed by atoms with van der Waals surface area (Å²) < 4.78 is 0. The van der Waals surface area contributed by atoms with Crippen LogP contribution in [0.2, 0.25) is 0 Å². The standard InChI is InChI=1S/C19H27N3O/c23-19(17-5-3-7-18-16(17)6-4-10-20-18)22-13-8-15(9-14-22)21-11-1-2-12-21/h3,5,7,15,20H,1-2,4,6,8-14H2. The van der Waals surface area contributed by atoms with E-state index < -0.39 is 0 Å². The van der Waals surface area contributed by atoms with Crippen molar-refractivity contribution in [2.75, 3.05) is 38.0 Å². The van der Waals surface area contributed by atoms with Crippen LogP contribution < -0.4 is 5.32 Å². The van der Waals surface area contributed by atoms with Crippen molar-refractivity contribution in [2.45, 2.75) is 44.6 Å². The van der Waals surface area contributed by atoms with Crippen molar-refractivity contribution in [3.8, 4) is 0 Å². The molecule has 0 bridgehead atoms. The smallest absolute Gasteiger partial charge is 0.254 e. The van der Waals surface area contributed by atoms with Gasteiger partial charge in [0.05, 0.1) is 0 Å². The minimum absolute atomic E-state index is 0.241. The second kappa shape index (κ2) is 6.52. The number of likely N-dealkylation sites (tertiary alicyclic amines) is 2. The molecule has 0 unspecified atom stereocenters. The van der Waals surface area contributed by atoms with Gasteiger partial charge in [-0.1, -0.05) is 6.07 Å². The van der Waals surface area contributed by atoms with Gasteiger partial charge in [0.25, 0.3) is 5.91 Å². The lowest BCUT2D eigenvalue weighted by molar-refractivity contribution is 0.0643. The molecule has 2 fully saturated rings. The Morgan fingerprint density at radius 2 is 1.83 bits per heavy atom. The molecule has 1 amide bonds. The summed E-state index contributed by atoms with van der Waals surface area (Å²) in [6, 6.07) is 6.83. The summed E-state index contributed by atoms with van der Waals surface area (Å²) in [5.41, 5.74) is 3.31. The number of hydrogen-bond donors (Lipinski definition) is 1. The van der Waals surface area contributed by atoms with Crippen LogP contribution in [0.3, 0.4) is 0 Å². The molecule has 3 aliphatic rings. The lowest BCUT2D eigenvalue weighted by Crippen LogP contribution is -2.46. The largest absolute Gasteiger partial charge is 0.385 e. The van der Waals surface area contributed by atoms with E-state index in [1.54, 1.807) is 0 Å². The minimum atomic E-state index is 0.241. The zero-order chi connectivity index (χ0) is 15.6. The number of rotatable bonds is 2. The van der Waals surface area contributed by atoms with E-state index in [2.05, 4.69) is 21.2 Å². The zero-order valence-electron chi connectivity index (χ0n) is 13.9. The molecule has 0 aromatic heterocycles. The lowest BCUT2D eigenvalue weighted by atomic mass is 9.95. The lowest BCUT2D eigenvalue weighted by Gasteiger charge is -2.37. The first-order valence-electron chi connectivity index (χ1n) is 9.22. The van der Waals surface area contributed by atoms with Crippen LogP contribution in [0.25, 0.3) is 0 Å². The van der Waals surface area contributed by atoms with E-state index in [0.717, 1.165) is 56.6 Å². The molecule has 0 radical (unpaired) electrons. The Morgan fingerprint density at radius 1 is 1.04 bits per heavy atom. The van der Waals surface area contributed by atoms with Gasteiger partial charge in [-0.25, -0.2) is 0 Å². The third-order valence-corrected chi connectivity index (χ3v) is 5.73. The zero-order valence-corrected chi connectivity index (χ0v) is 13.9. The fraction of sp³-hybridized carbons (Fsp3) is 0.632. The van der Waals surface area contributed by atoms with Crippen LogP contribution in [-0.2, 0) is 6.42 Å². The van der Waals surface area contributed by atoms with Gasteiger partial charge in [-0.2, -0.15) is 0 Å². The Labute approximate surface area is 138 Å². The van der Waals surface area contributed by atoms with Crippen LogP contribution in [0.4, 0.5) is 5.69 Å². The molecule has 1 N–H and O–H groups in total. The average Bonchev–Trinajstić information content (AvgIpc) is 3.15. The van der Waals surface area contributed by atoms with Crippen molar-refractivity contribution >= 4 is 11.6 Å². The predicted octanol–water partition coefficient (Wildman–Crippen LogP) is 2.75. The van der Waals surface area contributed by atoms with Crippen LogP contribution in [0, 0.1) is 0 Å². The van der Waals surface area contributed by atoms with Crippen molar-refractivity contribution in [1.29, 1.82) is 0 Å². The van der Waals surface area contributed by atoms with Gasteiger partial charge >= 0.3 is 0 Å². The predicted molar refractivity (Wildman–Crippen MR) is 93.0 cm³/mol. The van der Waals surface area contributed by atoms with E-state index in [1.165, 1.54) is 31.5 Å². The number of fused-ring (bicyclic) bond motifs is 1. The highest BCUT2D eigenvalue weighted by molar-refractivity contribution is 5.97. The Morgan fingerprint density at radius 3 is 2.61 bits per heavy atom. The summed E-state index contributed by atoms with van der Waals surface area (Å²) in [7, 11) is 0. The maximum atomic E-state index is 13.0. The van der Waals surface area contributed by atoms with Crippen LogP contribution in [0.1, 0.15) is 48.0 Å². The van der Waals surface area contributed by atoms with Gasteiger partial charge in [0, 0.05) is 36.9 Å². The van der Waals surface area contributed by atoms with Crippen molar-refractivity contribution in [3.63, 3.8) is 0 Å². The van der Waals surface area contributed by atoms with Crippen LogP contribution in [0.5, 0.6) is 0 Å². The fourth-order valence-electron chi connectivity index (χ4n) is 4.42. The van der Waals surface area contributed by atoms with Gasteiger partial charge in [-0.15, -0.1) is 0 Å². The molecule has 0 aliphatic carbocycles. The summed E-state index contributed by atoms with van der Waals surface area (Å²) in [5, 5.41) is 3.43. The van der Waals surface area contributed by atoms with Crippen LogP contribution >= 0.6 is 0 Å². The Bertz CT molecular complexity index is 572. The Hall–Kier alpha value is -1.55. The Kier molecular flexibility index (Phi) is 4.25. The molecule has 124 valence electrons. The quantitative estimate of drug-likeness (QED) is 0.912. The van der Waals surface area contributed by atoms with E-state index in [-0.39, 0.29) is 5.91 Å². The summed E-state index contributed by atoms with van der Waals surface area (Å²) in [6.07, 6.45) is 7.12. The second-order valence-electron chi connectivity index (χ2n) is 7.13. The first-order valence-corrected chi connectivity index (χ1v) is 9.22. The number of nitrogens with one attached hydrogen (secondary N) is 1. The van der Waals surface area contributed by atoms with E-state index >= 15 is 0 Å². The molecular weight excluding hydrogens is 286 g/mol. The normalized spacial score (nSPS) is 22.7. The van der Waals surface area contributed by atoms with E-state index in [4.69, 9.17) is 0 Å². The summed E-state index contributed by atoms with van der Waals surface area (Å²) in [5.74, 6) is 0.241. The second-order valence-corrected chi connectivity index (χ2v) is 7.13. The first kappa shape index (κ1) is 15.0. The molecule has 4 rings (SSSR count). The third kappa shape index (κ3) is 2.97. The van der Waals surface area contributed by atoms with Crippen molar-refractivity contribution in [3.05, 3.63) is 29.3 Å². The van der Waals surface area contributed by atoms with Gasteiger partial charge in [-0.05, 0) is 69.3 Å². The van der Waals surface area contributed by atoms with Gasteiger partial charge in [0.1, 0.15) is 0 Å². The summed E-state index contributed by atoms with van der Waals surface area (Å²) in [4.78, 5) is 17.7. The molecule has 4 heteroatoms. The average molecular weight is 313 g/mol. The first-order chi connectivity index (χ1) is 11.3. The highest BCUT2D eigenvalue weighted by atomic mass is 16.2. The topological polar surface area (TPSA) is 35.6 Å². The maximum Gasteiger partial charge on any atom is 0.254 e. The van der Waals surface area contributed by atoms with E-state index in [0.29, 0.717) is 6.04 Å². The number of hydrogen-bond acceptors (Lipinski definition) is 3. The van der Waals surface area contributed by atoms with Crippen LogP contribution in [-0.4, -0.2) is 54.5 Å². The molecule has 2 saturated heterocycles. The SMILES string of the molecule is O=C(c1cccc2c1CCCN2)N1CCC(N2CCCC2)CC1. The van der Waals surface area contributed by atoms with E-state index in [9.17, 15) is 4.79 Å². The molecule has 1 aromatic carbocycles. The summed E-state index contributed by atoms with van der Waals surface area (Å²) >= 11 is 0. The number of amides is 1. The molecule has 0 saturated carbocycles. The molecule has 4 nitrogen and oxygen atoms in total.